The van der Waals surface area contributed by atoms with Crippen molar-refractivity contribution in [2.75, 3.05) is 0 Å². The van der Waals surface area contributed by atoms with Crippen molar-refractivity contribution in [2.45, 2.75) is 0 Å². The Morgan fingerprint density at radius 2 is 1.25 bits per heavy atom. The molecule has 0 spiro atoms. The molecule has 3 nitrogen and oxygen atoms in total. The highest BCUT2D eigenvalue weighted by Gasteiger charge is 2.32. The van der Waals surface area contributed by atoms with Gasteiger partial charge >= 0.3 is 7.32 Å². The van der Waals surface area contributed by atoms with E-state index in [4.69, 9.17) is 0 Å². The predicted molar refractivity (Wildman–Crippen MR) is 79.3 cm³/mol. The molecule has 0 amide bonds. The Balaban J connectivity index is 1.98. The second kappa shape index (κ2) is 7.19. The summed E-state index contributed by atoms with van der Waals surface area (Å²) < 4.78 is 116. The number of hydrogen-bond acceptors (Lipinski definition) is 3. The first-order valence-electron chi connectivity index (χ1n) is 7.22. The van der Waals surface area contributed by atoms with Crippen LogP contribution in [0.4, 0.5) is 35.1 Å². The number of fused-ring (bicyclic) bond motifs is 1. The topological polar surface area (TPSA) is 38.7 Å². The molecule has 28 heavy (non-hydrogen) atoms. The van der Waals surface area contributed by atoms with Gasteiger partial charge in [0.2, 0.25) is 29.1 Å². The summed E-state index contributed by atoms with van der Waals surface area (Å²) in [4.78, 5) is 0. The Kier molecular flexibility index (Phi) is 5.07. The van der Waals surface area contributed by atoms with Crippen molar-refractivity contribution in [1.29, 1.82) is 0 Å². The molecule has 0 heterocycles. The van der Waals surface area contributed by atoms with Crippen LogP contribution in [0.5, 0.6) is 11.5 Å². The third-order valence-corrected chi connectivity index (χ3v) is 3.56. The smallest absolute Gasteiger partial charge is 0.500 e. The highest BCUT2D eigenvalue weighted by atomic mass is 19.2. The van der Waals surface area contributed by atoms with Gasteiger partial charge in [-0.3, -0.25) is 0 Å². The molecule has 12 heteroatoms. The standard InChI is InChI=1S/C16H5BF8O3/c18-5-3-6-9(2-1-7(19)10(6)8(20)4-5)27-17(26)28-16-14(24)12(22)11(21)13(23)15(16)25/h1-4,26H. The van der Waals surface area contributed by atoms with Gasteiger partial charge in [0.15, 0.2) is 5.75 Å². The molecule has 0 fully saturated rings. The highest BCUT2D eigenvalue weighted by molar-refractivity contribution is 6.37. The van der Waals surface area contributed by atoms with Gasteiger partial charge in [0.1, 0.15) is 23.2 Å². The molecule has 0 bridgehead atoms. The van der Waals surface area contributed by atoms with Crippen molar-refractivity contribution in [1.82, 2.24) is 0 Å². The zero-order chi connectivity index (χ0) is 20.7. The van der Waals surface area contributed by atoms with E-state index in [1.807, 2.05) is 0 Å². The van der Waals surface area contributed by atoms with E-state index in [1.54, 1.807) is 0 Å². The van der Waals surface area contributed by atoms with Crippen molar-refractivity contribution >= 4 is 18.1 Å². The molecular formula is C16H5BF8O3. The van der Waals surface area contributed by atoms with Gasteiger partial charge in [0.05, 0.1) is 5.39 Å². The molecule has 3 aromatic carbocycles. The minimum Gasteiger partial charge on any atom is -0.500 e. The quantitative estimate of drug-likeness (QED) is 0.302. The molecule has 0 aliphatic heterocycles. The van der Waals surface area contributed by atoms with E-state index >= 15 is 0 Å². The summed E-state index contributed by atoms with van der Waals surface area (Å²) in [6.45, 7) is 0. The maximum Gasteiger partial charge on any atom is 0.785 e. The fraction of sp³-hybridized carbons (Fsp3) is 0. The predicted octanol–water partition coefficient (Wildman–Crippen LogP) is 4.39. The van der Waals surface area contributed by atoms with Gasteiger partial charge < -0.3 is 14.3 Å². The van der Waals surface area contributed by atoms with Gasteiger partial charge in [-0.2, -0.15) is 8.78 Å². The zero-order valence-electron chi connectivity index (χ0n) is 13.2. The van der Waals surface area contributed by atoms with Gasteiger partial charge in [-0.25, -0.2) is 26.3 Å². The van der Waals surface area contributed by atoms with Crippen LogP contribution in [0.25, 0.3) is 10.8 Å². The average Bonchev–Trinajstić information content (AvgIpc) is 2.64. The van der Waals surface area contributed by atoms with Crippen molar-refractivity contribution in [3.8, 4) is 11.5 Å². The Labute approximate surface area is 150 Å². The average molecular weight is 408 g/mol. The zero-order valence-corrected chi connectivity index (χ0v) is 13.2. The molecule has 0 aromatic heterocycles. The first-order valence-corrected chi connectivity index (χ1v) is 7.22. The van der Waals surface area contributed by atoms with Gasteiger partial charge in [0, 0.05) is 11.5 Å². The molecule has 0 radical (unpaired) electrons. The normalized spacial score (nSPS) is 11.0. The minimum absolute atomic E-state index is 0.372. The number of halogens is 8. The minimum atomic E-state index is -2.69. The van der Waals surface area contributed by atoms with Crippen LogP contribution in [0.15, 0.2) is 24.3 Å². The molecule has 3 aromatic rings. The van der Waals surface area contributed by atoms with Crippen molar-refractivity contribution in [3.05, 3.63) is 70.8 Å². The Bertz CT molecular complexity index is 1060. The van der Waals surface area contributed by atoms with Gasteiger partial charge in [0.25, 0.3) is 0 Å². The van der Waals surface area contributed by atoms with Crippen molar-refractivity contribution in [2.24, 2.45) is 0 Å². The fourth-order valence-corrected chi connectivity index (χ4v) is 2.36. The summed E-state index contributed by atoms with van der Waals surface area (Å²) in [6.07, 6.45) is 0. The molecule has 3 rings (SSSR count). The first kappa shape index (κ1) is 19.7. The molecule has 1 N–H and O–H groups in total. The van der Waals surface area contributed by atoms with E-state index in [1.165, 1.54) is 0 Å². The van der Waals surface area contributed by atoms with E-state index < -0.39 is 76.1 Å². The third-order valence-electron chi connectivity index (χ3n) is 3.56. The number of benzene rings is 3. The van der Waals surface area contributed by atoms with Crippen LogP contribution >= 0.6 is 0 Å². The van der Waals surface area contributed by atoms with Crippen LogP contribution in [-0.4, -0.2) is 12.3 Å². The van der Waals surface area contributed by atoms with Crippen LogP contribution < -0.4 is 9.31 Å². The van der Waals surface area contributed by atoms with Crippen LogP contribution in [-0.2, 0) is 0 Å². The maximum atomic E-state index is 13.8. The second-order valence-corrected chi connectivity index (χ2v) is 5.30. The second-order valence-electron chi connectivity index (χ2n) is 5.30. The van der Waals surface area contributed by atoms with E-state index in [-0.39, 0.29) is 0 Å². The van der Waals surface area contributed by atoms with Crippen LogP contribution in [0.2, 0.25) is 0 Å². The van der Waals surface area contributed by atoms with Gasteiger partial charge in [-0.15, -0.1) is 0 Å². The lowest BCUT2D eigenvalue weighted by Crippen LogP contribution is -2.31. The van der Waals surface area contributed by atoms with Gasteiger partial charge in [-0.1, -0.05) is 0 Å². The van der Waals surface area contributed by atoms with E-state index in [9.17, 15) is 40.1 Å². The Hall–Kier alpha value is -3.02. The van der Waals surface area contributed by atoms with Crippen LogP contribution in [0.3, 0.4) is 0 Å². The summed E-state index contributed by atoms with van der Waals surface area (Å²) in [5.41, 5.74) is 0. The SMILES string of the molecule is OB(Oc1c(F)c(F)c(F)c(F)c1F)Oc1ccc(F)c2c(F)cc(F)cc12. The molecule has 0 saturated carbocycles. The lowest BCUT2D eigenvalue weighted by atomic mass is 10.1. The molecular weight excluding hydrogens is 403 g/mol. The van der Waals surface area contributed by atoms with Crippen LogP contribution in [0, 0.1) is 46.5 Å². The molecule has 0 atom stereocenters. The van der Waals surface area contributed by atoms with Crippen molar-refractivity contribution < 1.29 is 49.5 Å². The summed E-state index contributed by atoms with van der Waals surface area (Å²) >= 11 is 0. The van der Waals surface area contributed by atoms with Gasteiger partial charge in [-0.05, 0) is 18.2 Å². The molecule has 146 valence electrons. The monoisotopic (exact) mass is 408 g/mol. The fourth-order valence-electron chi connectivity index (χ4n) is 2.36. The lowest BCUT2D eigenvalue weighted by molar-refractivity contribution is 0.271. The summed E-state index contributed by atoms with van der Waals surface area (Å²) in [5, 5.41) is 8.36. The van der Waals surface area contributed by atoms with Crippen LogP contribution in [0.1, 0.15) is 0 Å². The van der Waals surface area contributed by atoms with Crippen molar-refractivity contribution in [3.63, 3.8) is 0 Å². The molecule has 0 aliphatic carbocycles. The van der Waals surface area contributed by atoms with E-state index in [0.717, 1.165) is 6.07 Å². The number of hydrogen-bond donors (Lipinski definition) is 1. The number of rotatable bonds is 4. The summed E-state index contributed by atoms with van der Waals surface area (Å²) in [6, 6.07) is 2.46. The molecule has 0 aliphatic rings. The Morgan fingerprint density at radius 3 is 1.86 bits per heavy atom. The van der Waals surface area contributed by atoms with E-state index in [0.29, 0.717) is 18.2 Å². The third kappa shape index (κ3) is 3.30. The summed E-state index contributed by atoms with van der Waals surface area (Å²) in [5.74, 6) is -17.9. The van der Waals surface area contributed by atoms with E-state index in [2.05, 4.69) is 9.31 Å². The lowest BCUT2D eigenvalue weighted by Gasteiger charge is -2.15. The summed E-state index contributed by atoms with van der Waals surface area (Å²) in [7, 11) is -2.69. The largest absolute Gasteiger partial charge is 0.785 e. The first-order chi connectivity index (χ1) is 13.1. The molecule has 0 unspecified atom stereocenters. The maximum absolute atomic E-state index is 13.8. The molecule has 0 saturated heterocycles. The Morgan fingerprint density at radius 1 is 0.679 bits per heavy atom. The highest BCUT2D eigenvalue weighted by Crippen LogP contribution is 2.32.